The number of halogens is 1. The van der Waals surface area contributed by atoms with E-state index < -0.39 is 0 Å². The van der Waals surface area contributed by atoms with E-state index >= 15 is 0 Å². The van der Waals surface area contributed by atoms with Gasteiger partial charge in [-0.15, -0.1) is 0 Å². The maximum atomic E-state index is 13.9. The molecule has 0 aliphatic carbocycles. The van der Waals surface area contributed by atoms with Crippen LogP contribution >= 0.6 is 0 Å². The van der Waals surface area contributed by atoms with Gasteiger partial charge < -0.3 is 4.90 Å². The van der Waals surface area contributed by atoms with Gasteiger partial charge in [0.15, 0.2) is 0 Å². The fourth-order valence-electron chi connectivity index (χ4n) is 2.09. The molecule has 0 aromatic heterocycles. The van der Waals surface area contributed by atoms with Crippen molar-refractivity contribution in [1.29, 1.82) is 0 Å². The largest absolute Gasteiger partial charge is 0.366 e. The Balaban J connectivity index is 2.52. The van der Waals surface area contributed by atoms with Crippen LogP contribution in [0.1, 0.15) is 25.0 Å². The summed E-state index contributed by atoms with van der Waals surface area (Å²) in [6.45, 7) is 6.99. The van der Waals surface area contributed by atoms with Crippen molar-refractivity contribution in [3.63, 3.8) is 0 Å². The summed E-state index contributed by atoms with van der Waals surface area (Å²) in [5.74, 6) is -0.0336. The molecule has 0 radical (unpaired) electrons. The highest BCUT2D eigenvalue weighted by atomic mass is 19.1. The molecule has 0 unspecified atom stereocenters. The molecular weight excluding hydrogens is 177 g/mol. The van der Waals surface area contributed by atoms with Gasteiger partial charge in [0.2, 0.25) is 0 Å². The van der Waals surface area contributed by atoms with Crippen LogP contribution in [-0.2, 0) is 6.42 Å². The molecule has 1 aliphatic heterocycles. The van der Waals surface area contributed by atoms with Gasteiger partial charge >= 0.3 is 0 Å². The molecule has 0 saturated heterocycles. The molecule has 0 amide bonds. The Kier molecular flexibility index (Phi) is 2.22. The third-order valence-corrected chi connectivity index (χ3v) is 2.93. The van der Waals surface area contributed by atoms with Crippen LogP contribution in [0.4, 0.5) is 10.1 Å². The first-order valence-electron chi connectivity index (χ1n) is 5.16. The summed E-state index contributed by atoms with van der Waals surface area (Å²) in [6.07, 6.45) is 0.977. The van der Waals surface area contributed by atoms with E-state index in [-0.39, 0.29) is 5.82 Å². The topological polar surface area (TPSA) is 3.24 Å². The van der Waals surface area contributed by atoms with E-state index in [0.29, 0.717) is 6.04 Å². The lowest BCUT2D eigenvalue weighted by atomic mass is 10.1. The number of anilines is 1. The number of hydrogen-bond donors (Lipinski definition) is 0. The van der Waals surface area contributed by atoms with Gasteiger partial charge in [-0.2, -0.15) is 0 Å². The lowest BCUT2D eigenvalue weighted by Crippen LogP contribution is -2.29. The zero-order chi connectivity index (χ0) is 10.3. The minimum absolute atomic E-state index is 0.0336. The minimum Gasteiger partial charge on any atom is -0.366 e. The molecule has 0 saturated carbocycles. The molecule has 0 spiro atoms. The molecule has 1 heterocycles. The Morgan fingerprint density at radius 1 is 1.36 bits per heavy atom. The molecule has 1 nitrogen and oxygen atoms in total. The second-order valence-electron chi connectivity index (χ2n) is 4.24. The molecule has 14 heavy (non-hydrogen) atoms. The summed E-state index contributed by atoms with van der Waals surface area (Å²) in [7, 11) is 0. The SMILES string of the molecule is Cc1ccc2c(c1F)N(C(C)C)CC2. The Bertz CT molecular complexity index is 358. The van der Waals surface area contributed by atoms with Crippen LogP contribution in [0.25, 0.3) is 0 Å². The molecule has 2 rings (SSSR count). The average Bonchev–Trinajstić information content (AvgIpc) is 2.55. The van der Waals surface area contributed by atoms with Crippen LogP contribution in [-0.4, -0.2) is 12.6 Å². The summed E-state index contributed by atoms with van der Waals surface area (Å²) in [5, 5.41) is 0. The first-order chi connectivity index (χ1) is 6.61. The van der Waals surface area contributed by atoms with Gasteiger partial charge in [-0.05, 0) is 38.3 Å². The molecule has 2 heteroatoms. The molecule has 0 bridgehead atoms. The maximum absolute atomic E-state index is 13.9. The van der Waals surface area contributed by atoms with E-state index in [1.54, 1.807) is 0 Å². The standard InChI is InChI=1S/C12H16FN/c1-8(2)14-7-6-10-5-4-9(3)11(13)12(10)14/h4-5,8H,6-7H2,1-3H3. The van der Waals surface area contributed by atoms with Crippen LogP contribution in [0.2, 0.25) is 0 Å². The fourth-order valence-corrected chi connectivity index (χ4v) is 2.09. The summed E-state index contributed by atoms with van der Waals surface area (Å²) >= 11 is 0. The fraction of sp³-hybridized carbons (Fsp3) is 0.500. The average molecular weight is 193 g/mol. The first-order valence-corrected chi connectivity index (χ1v) is 5.16. The molecule has 0 atom stereocenters. The third kappa shape index (κ3) is 1.29. The molecule has 0 N–H and O–H groups in total. The highest BCUT2D eigenvalue weighted by molar-refractivity contribution is 5.61. The summed E-state index contributed by atoms with van der Waals surface area (Å²) < 4.78 is 13.9. The van der Waals surface area contributed by atoms with E-state index in [9.17, 15) is 4.39 Å². The van der Waals surface area contributed by atoms with Crippen LogP contribution in [0.15, 0.2) is 12.1 Å². The van der Waals surface area contributed by atoms with Crippen molar-refractivity contribution in [2.75, 3.05) is 11.4 Å². The zero-order valence-corrected chi connectivity index (χ0v) is 8.97. The molecular formula is C12H16FN. The van der Waals surface area contributed by atoms with E-state index in [1.165, 1.54) is 0 Å². The van der Waals surface area contributed by atoms with Crippen LogP contribution in [0, 0.1) is 12.7 Å². The third-order valence-electron chi connectivity index (χ3n) is 2.93. The van der Waals surface area contributed by atoms with Gasteiger partial charge in [0.1, 0.15) is 5.82 Å². The van der Waals surface area contributed by atoms with Crippen molar-refractivity contribution in [2.24, 2.45) is 0 Å². The number of fused-ring (bicyclic) bond motifs is 1. The van der Waals surface area contributed by atoms with Crippen molar-refractivity contribution in [2.45, 2.75) is 33.2 Å². The maximum Gasteiger partial charge on any atom is 0.149 e. The van der Waals surface area contributed by atoms with Gasteiger partial charge in [0, 0.05) is 12.6 Å². The zero-order valence-electron chi connectivity index (χ0n) is 8.97. The summed E-state index contributed by atoms with van der Waals surface area (Å²) in [4.78, 5) is 2.15. The van der Waals surface area contributed by atoms with Crippen molar-refractivity contribution in [3.8, 4) is 0 Å². The number of aryl methyl sites for hydroxylation is 1. The van der Waals surface area contributed by atoms with Gasteiger partial charge in [0.25, 0.3) is 0 Å². The van der Waals surface area contributed by atoms with E-state index in [0.717, 1.165) is 29.8 Å². The minimum atomic E-state index is -0.0336. The lowest BCUT2D eigenvalue weighted by Gasteiger charge is -2.24. The predicted octanol–water partition coefficient (Wildman–Crippen LogP) is 2.91. The van der Waals surface area contributed by atoms with Crippen LogP contribution < -0.4 is 4.90 Å². The number of hydrogen-bond acceptors (Lipinski definition) is 1. The van der Waals surface area contributed by atoms with Crippen molar-refractivity contribution in [1.82, 2.24) is 0 Å². The monoisotopic (exact) mass is 193 g/mol. The quantitative estimate of drug-likeness (QED) is 0.663. The van der Waals surface area contributed by atoms with Gasteiger partial charge in [-0.25, -0.2) is 4.39 Å². The highest BCUT2D eigenvalue weighted by Gasteiger charge is 2.25. The van der Waals surface area contributed by atoms with Crippen LogP contribution in [0.5, 0.6) is 0 Å². The van der Waals surface area contributed by atoms with E-state index in [1.807, 2.05) is 13.0 Å². The Labute approximate surface area is 84.5 Å². The second kappa shape index (κ2) is 3.26. The van der Waals surface area contributed by atoms with Gasteiger partial charge in [0.05, 0.1) is 5.69 Å². The van der Waals surface area contributed by atoms with Crippen molar-refractivity contribution >= 4 is 5.69 Å². The molecule has 0 fully saturated rings. The Morgan fingerprint density at radius 2 is 2.07 bits per heavy atom. The number of nitrogens with zero attached hydrogens (tertiary/aromatic N) is 1. The van der Waals surface area contributed by atoms with Crippen LogP contribution in [0.3, 0.4) is 0 Å². The molecule has 76 valence electrons. The second-order valence-corrected chi connectivity index (χ2v) is 4.24. The van der Waals surface area contributed by atoms with Gasteiger partial charge in [-0.1, -0.05) is 12.1 Å². The highest BCUT2D eigenvalue weighted by Crippen LogP contribution is 2.33. The molecule has 1 aliphatic rings. The molecule has 1 aromatic rings. The Hall–Kier alpha value is -1.05. The lowest BCUT2D eigenvalue weighted by molar-refractivity contribution is 0.604. The van der Waals surface area contributed by atoms with E-state index in [2.05, 4.69) is 24.8 Å². The predicted molar refractivity (Wildman–Crippen MR) is 57.3 cm³/mol. The summed E-state index contributed by atoms with van der Waals surface area (Å²) in [5.41, 5.74) is 2.73. The van der Waals surface area contributed by atoms with Crippen molar-refractivity contribution < 1.29 is 4.39 Å². The Morgan fingerprint density at radius 3 is 2.71 bits per heavy atom. The van der Waals surface area contributed by atoms with Crippen molar-refractivity contribution in [3.05, 3.63) is 29.1 Å². The smallest absolute Gasteiger partial charge is 0.149 e. The van der Waals surface area contributed by atoms with Gasteiger partial charge in [-0.3, -0.25) is 0 Å². The number of benzene rings is 1. The van der Waals surface area contributed by atoms with E-state index in [4.69, 9.17) is 0 Å². The first kappa shape index (κ1) is 9.50. The summed E-state index contributed by atoms with van der Waals surface area (Å²) in [6, 6.07) is 4.31. The normalized spacial score (nSPS) is 15.1. The molecule has 1 aromatic carbocycles. The number of rotatable bonds is 1.